The van der Waals surface area contributed by atoms with Crippen LogP contribution in [0.15, 0.2) is 28.8 Å². The zero-order valence-corrected chi connectivity index (χ0v) is 15.0. The molecule has 1 N–H and O–H groups in total. The average molecular weight is 343 g/mol. The summed E-state index contributed by atoms with van der Waals surface area (Å²) < 4.78 is 10.4. The largest absolute Gasteiger partial charge is 0.497 e. The van der Waals surface area contributed by atoms with E-state index >= 15 is 0 Å². The highest BCUT2D eigenvalue weighted by Gasteiger charge is 2.22. The highest BCUT2D eigenvalue weighted by atomic mass is 16.5. The van der Waals surface area contributed by atoms with E-state index in [1.165, 1.54) is 11.1 Å². The Morgan fingerprint density at radius 3 is 3.00 bits per heavy atom. The Bertz CT molecular complexity index is 741. The minimum atomic E-state index is -0.0960. The molecule has 1 heterocycles. The highest BCUT2D eigenvalue weighted by molar-refractivity contribution is 5.73. The number of aromatic nitrogens is 1. The van der Waals surface area contributed by atoms with Gasteiger partial charge in [0.05, 0.1) is 13.7 Å². The van der Waals surface area contributed by atoms with Crippen molar-refractivity contribution in [1.82, 2.24) is 15.4 Å². The Morgan fingerprint density at radius 2 is 2.28 bits per heavy atom. The van der Waals surface area contributed by atoms with Gasteiger partial charge >= 0.3 is 6.03 Å². The van der Waals surface area contributed by atoms with Crippen LogP contribution in [0, 0.1) is 6.92 Å². The fourth-order valence-corrected chi connectivity index (χ4v) is 3.38. The number of carbonyl (C=O) groups is 1. The van der Waals surface area contributed by atoms with Gasteiger partial charge in [0, 0.05) is 25.6 Å². The first-order chi connectivity index (χ1) is 12.1. The van der Waals surface area contributed by atoms with Crippen molar-refractivity contribution in [3.05, 3.63) is 46.8 Å². The number of aryl methyl sites for hydroxylation is 2. The predicted molar refractivity (Wildman–Crippen MR) is 94.8 cm³/mol. The standard InChI is InChI=1S/C19H25N3O3/c1-13-9-16(21-25-13)12-22(2)19(23)20-11-15-6-4-5-14-10-17(24-3)7-8-18(14)15/h7-10,15H,4-6,11-12H2,1-3H3,(H,20,23)/t15-/m1/s1. The molecule has 0 unspecified atom stereocenters. The molecule has 0 saturated carbocycles. The van der Waals surface area contributed by atoms with Gasteiger partial charge in [-0.25, -0.2) is 4.79 Å². The van der Waals surface area contributed by atoms with Gasteiger partial charge in [0.25, 0.3) is 0 Å². The lowest BCUT2D eigenvalue weighted by Crippen LogP contribution is -2.39. The molecule has 25 heavy (non-hydrogen) atoms. The fourth-order valence-electron chi connectivity index (χ4n) is 3.38. The molecule has 0 spiro atoms. The molecule has 0 saturated heterocycles. The van der Waals surface area contributed by atoms with Crippen LogP contribution in [0.25, 0.3) is 0 Å². The second-order valence-electron chi connectivity index (χ2n) is 6.62. The average Bonchev–Trinajstić information content (AvgIpc) is 3.03. The third-order valence-electron chi connectivity index (χ3n) is 4.71. The van der Waals surface area contributed by atoms with Crippen LogP contribution >= 0.6 is 0 Å². The van der Waals surface area contributed by atoms with E-state index < -0.39 is 0 Å². The van der Waals surface area contributed by atoms with Gasteiger partial charge in [0.1, 0.15) is 17.2 Å². The molecule has 0 aliphatic heterocycles. The maximum atomic E-state index is 12.3. The summed E-state index contributed by atoms with van der Waals surface area (Å²) in [6, 6.07) is 7.99. The van der Waals surface area contributed by atoms with Gasteiger partial charge in [-0.3, -0.25) is 0 Å². The van der Waals surface area contributed by atoms with E-state index in [0.29, 0.717) is 19.0 Å². The van der Waals surface area contributed by atoms with Crippen LogP contribution in [0.4, 0.5) is 4.79 Å². The number of hydrogen-bond donors (Lipinski definition) is 1. The van der Waals surface area contributed by atoms with Crippen LogP contribution in [-0.2, 0) is 13.0 Å². The molecule has 1 aliphatic rings. The summed E-state index contributed by atoms with van der Waals surface area (Å²) in [5.41, 5.74) is 3.41. The van der Waals surface area contributed by atoms with Gasteiger partial charge < -0.3 is 19.5 Å². The van der Waals surface area contributed by atoms with E-state index in [0.717, 1.165) is 36.5 Å². The van der Waals surface area contributed by atoms with E-state index in [4.69, 9.17) is 9.26 Å². The Balaban J connectivity index is 1.57. The third-order valence-corrected chi connectivity index (χ3v) is 4.71. The minimum absolute atomic E-state index is 0.0960. The fraction of sp³-hybridized carbons (Fsp3) is 0.474. The van der Waals surface area contributed by atoms with Crippen LogP contribution in [0.2, 0.25) is 0 Å². The molecule has 6 heteroatoms. The Labute approximate surface area is 148 Å². The van der Waals surface area contributed by atoms with E-state index in [1.807, 2.05) is 19.1 Å². The lowest BCUT2D eigenvalue weighted by atomic mass is 9.82. The van der Waals surface area contributed by atoms with E-state index in [9.17, 15) is 4.79 Å². The molecule has 2 aromatic rings. The van der Waals surface area contributed by atoms with Crippen molar-refractivity contribution in [3.63, 3.8) is 0 Å². The Hall–Kier alpha value is -2.50. The van der Waals surface area contributed by atoms with Crippen LogP contribution in [0.5, 0.6) is 5.75 Å². The van der Waals surface area contributed by atoms with Crippen LogP contribution in [0.3, 0.4) is 0 Å². The van der Waals surface area contributed by atoms with Crippen molar-refractivity contribution >= 4 is 6.03 Å². The summed E-state index contributed by atoms with van der Waals surface area (Å²) in [5, 5.41) is 6.97. The molecule has 2 amide bonds. The number of amides is 2. The molecule has 6 nitrogen and oxygen atoms in total. The third kappa shape index (κ3) is 4.13. The van der Waals surface area contributed by atoms with Crippen molar-refractivity contribution in [1.29, 1.82) is 0 Å². The molecule has 1 aliphatic carbocycles. The monoisotopic (exact) mass is 343 g/mol. The minimum Gasteiger partial charge on any atom is -0.497 e. The van der Waals surface area contributed by atoms with Gasteiger partial charge in [0.2, 0.25) is 0 Å². The number of rotatable bonds is 5. The van der Waals surface area contributed by atoms with Crippen LogP contribution in [0.1, 0.15) is 41.3 Å². The van der Waals surface area contributed by atoms with Crippen LogP contribution in [-0.4, -0.2) is 36.8 Å². The van der Waals surface area contributed by atoms with E-state index in [-0.39, 0.29) is 6.03 Å². The normalized spacial score (nSPS) is 16.2. The highest BCUT2D eigenvalue weighted by Crippen LogP contribution is 2.33. The number of fused-ring (bicyclic) bond motifs is 1. The molecular weight excluding hydrogens is 318 g/mol. The SMILES string of the molecule is COc1ccc2c(c1)CCC[C@@H]2CNC(=O)N(C)Cc1cc(C)on1. The lowest BCUT2D eigenvalue weighted by molar-refractivity contribution is 0.204. The zero-order chi connectivity index (χ0) is 17.8. The molecule has 1 aromatic heterocycles. The van der Waals surface area contributed by atoms with Crippen molar-refractivity contribution in [2.45, 2.75) is 38.6 Å². The number of methoxy groups -OCH3 is 1. The quantitative estimate of drug-likeness (QED) is 0.905. The molecule has 0 radical (unpaired) electrons. The number of nitrogens with one attached hydrogen (secondary N) is 1. The van der Waals surface area contributed by atoms with Gasteiger partial charge in [-0.2, -0.15) is 0 Å². The number of carbonyl (C=O) groups excluding carboxylic acids is 1. The van der Waals surface area contributed by atoms with Gasteiger partial charge in [-0.15, -0.1) is 0 Å². The Kier molecular flexibility index (Phi) is 5.26. The summed E-state index contributed by atoms with van der Waals surface area (Å²) in [6.45, 7) is 2.91. The number of urea groups is 1. The van der Waals surface area contributed by atoms with Crippen LogP contribution < -0.4 is 10.1 Å². The van der Waals surface area contributed by atoms with E-state index in [1.54, 1.807) is 19.1 Å². The van der Waals surface area contributed by atoms with Crippen molar-refractivity contribution in [2.75, 3.05) is 20.7 Å². The second kappa shape index (κ2) is 7.59. The lowest BCUT2D eigenvalue weighted by Gasteiger charge is -2.27. The molecular formula is C19H25N3O3. The summed E-state index contributed by atoms with van der Waals surface area (Å²) in [4.78, 5) is 14.0. The predicted octanol–water partition coefficient (Wildman–Crippen LogP) is 3.25. The molecule has 0 bridgehead atoms. The number of ether oxygens (including phenoxy) is 1. The van der Waals surface area contributed by atoms with Gasteiger partial charge in [-0.1, -0.05) is 11.2 Å². The number of nitrogens with zero attached hydrogens (tertiary/aromatic N) is 2. The topological polar surface area (TPSA) is 67.6 Å². The first kappa shape index (κ1) is 17.3. The second-order valence-corrected chi connectivity index (χ2v) is 6.62. The first-order valence-corrected chi connectivity index (χ1v) is 8.65. The van der Waals surface area contributed by atoms with E-state index in [2.05, 4.69) is 22.6 Å². The first-order valence-electron chi connectivity index (χ1n) is 8.65. The summed E-state index contributed by atoms with van der Waals surface area (Å²) in [6.07, 6.45) is 3.29. The molecule has 1 aromatic carbocycles. The Morgan fingerprint density at radius 1 is 1.44 bits per heavy atom. The molecule has 134 valence electrons. The number of benzene rings is 1. The van der Waals surface area contributed by atoms with Gasteiger partial charge in [0.15, 0.2) is 0 Å². The molecule has 1 atom stereocenters. The summed E-state index contributed by atoms with van der Waals surface area (Å²) >= 11 is 0. The smallest absolute Gasteiger partial charge is 0.317 e. The van der Waals surface area contributed by atoms with Crippen molar-refractivity contribution in [3.8, 4) is 5.75 Å². The maximum absolute atomic E-state index is 12.3. The summed E-state index contributed by atoms with van der Waals surface area (Å²) in [5.74, 6) is 1.99. The number of hydrogen-bond acceptors (Lipinski definition) is 4. The summed E-state index contributed by atoms with van der Waals surface area (Å²) in [7, 11) is 3.45. The zero-order valence-electron chi connectivity index (χ0n) is 15.0. The van der Waals surface area contributed by atoms with Crippen molar-refractivity contribution < 1.29 is 14.1 Å². The van der Waals surface area contributed by atoms with Gasteiger partial charge in [-0.05, 0) is 49.4 Å². The van der Waals surface area contributed by atoms with Crippen molar-refractivity contribution in [2.24, 2.45) is 0 Å². The molecule has 0 fully saturated rings. The maximum Gasteiger partial charge on any atom is 0.317 e. The molecule has 3 rings (SSSR count).